The van der Waals surface area contributed by atoms with Crippen LogP contribution in [0.4, 0.5) is 0 Å². The first kappa shape index (κ1) is 22.8. The highest BCUT2D eigenvalue weighted by atomic mass is 35.5. The van der Waals surface area contributed by atoms with Crippen LogP contribution in [0, 0.1) is 5.92 Å². The zero-order valence-electron chi connectivity index (χ0n) is 19.4. The van der Waals surface area contributed by atoms with E-state index in [4.69, 9.17) is 23.2 Å². The van der Waals surface area contributed by atoms with Crippen molar-refractivity contribution in [2.75, 3.05) is 45.8 Å². The van der Waals surface area contributed by atoms with E-state index in [1.54, 1.807) is 18.5 Å². The molecule has 1 saturated heterocycles. The molecule has 1 saturated carbocycles. The number of allylic oxidation sites excluding steroid dienone is 1. The van der Waals surface area contributed by atoms with Gasteiger partial charge in [0.05, 0.1) is 23.0 Å². The Balaban J connectivity index is 1.23. The molecule has 0 spiro atoms. The molecule has 0 aromatic heterocycles. The minimum atomic E-state index is -0.0114. The topological polar surface area (TPSA) is 75.2 Å². The van der Waals surface area contributed by atoms with Crippen molar-refractivity contribution in [2.45, 2.75) is 19.0 Å². The number of halogens is 2. The standard InChI is InChI=1S/C25H29Cl2N7O/c26-17-3-4-18(19(27)11-17)24-22(34-14-21(16-1-2-16)30-13-23(34)31-24)15-32-7-9-33(10-8-32)25(35)20-12-28-5-6-29-20/h3-4,6,11-12,14,16,23,28,30-31H,1-2,5,7-10,13,15H2. The van der Waals surface area contributed by atoms with Crippen LogP contribution in [0.1, 0.15) is 18.4 Å². The number of aliphatic imine (C=N–C) groups is 1. The fraction of sp³-hybridized carbons (Fsp3) is 0.440. The lowest BCUT2D eigenvalue weighted by Gasteiger charge is -2.37. The molecule has 1 aromatic carbocycles. The van der Waals surface area contributed by atoms with Crippen LogP contribution in [0.5, 0.6) is 0 Å². The molecular formula is C25H29Cl2N7O. The van der Waals surface area contributed by atoms with Crippen LogP contribution in [0.3, 0.4) is 0 Å². The van der Waals surface area contributed by atoms with Gasteiger partial charge in [0.25, 0.3) is 5.91 Å². The number of carbonyl (C=O) groups is 1. The van der Waals surface area contributed by atoms with E-state index in [9.17, 15) is 4.79 Å². The summed E-state index contributed by atoms with van der Waals surface area (Å²) in [5, 5.41) is 11.7. The van der Waals surface area contributed by atoms with Crippen molar-refractivity contribution in [2.24, 2.45) is 10.9 Å². The van der Waals surface area contributed by atoms with Crippen LogP contribution >= 0.6 is 23.2 Å². The Bertz CT molecular complexity index is 1150. The van der Waals surface area contributed by atoms with Crippen LogP contribution in [0.15, 0.2) is 52.7 Å². The summed E-state index contributed by atoms with van der Waals surface area (Å²) in [4.78, 5) is 23.8. The fourth-order valence-corrected chi connectivity index (χ4v) is 5.59. The third-order valence-corrected chi connectivity index (χ3v) is 7.72. The van der Waals surface area contributed by atoms with E-state index >= 15 is 0 Å². The van der Waals surface area contributed by atoms with Crippen molar-refractivity contribution in [3.63, 3.8) is 0 Å². The molecule has 0 radical (unpaired) electrons. The van der Waals surface area contributed by atoms with Crippen LogP contribution in [0.2, 0.25) is 10.0 Å². The van der Waals surface area contributed by atoms with Crippen molar-refractivity contribution in [1.29, 1.82) is 0 Å². The molecule has 3 N–H and O–H groups in total. The number of fused-ring (bicyclic) bond motifs is 1. The van der Waals surface area contributed by atoms with E-state index in [0.29, 0.717) is 41.3 Å². The van der Waals surface area contributed by atoms with E-state index in [-0.39, 0.29) is 12.1 Å². The summed E-state index contributed by atoms with van der Waals surface area (Å²) in [5.74, 6) is 0.642. The molecule has 1 aliphatic carbocycles. The SMILES string of the molecule is O=C(C1=CNCC=N1)N1CCN(CC2=C(c3ccc(Cl)cc3Cl)NC3CNC(C4CC4)=CN23)CC1. The summed E-state index contributed by atoms with van der Waals surface area (Å²) in [7, 11) is 0. The molecule has 2 fully saturated rings. The summed E-state index contributed by atoms with van der Waals surface area (Å²) >= 11 is 12.8. The second-order valence-electron chi connectivity index (χ2n) is 9.57. The number of amides is 1. The molecule has 6 rings (SSSR count). The molecule has 35 heavy (non-hydrogen) atoms. The molecule has 184 valence electrons. The molecule has 5 aliphatic rings. The Morgan fingerprint density at radius 1 is 1.14 bits per heavy atom. The van der Waals surface area contributed by atoms with Gasteiger partial charge >= 0.3 is 0 Å². The molecule has 10 heteroatoms. The lowest BCUT2D eigenvalue weighted by molar-refractivity contribution is -0.128. The lowest BCUT2D eigenvalue weighted by Crippen LogP contribution is -2.51. The van der Waals surface area contributed by atoms with Crippen LogP contribution in [-0.2, 0) is 4.79 Å². The molecule has 1 aromatic rings. The Kier molecular flexibility index (Phi) is 6.12. The number of piperazine rings is 1. The first-order chi connectivity index (χ1) is 17.1. The Morgan fingerprint density at radius 2 is 1.97 bits per heavy atom. The number of benzene rings is 1. The van der Waals surface area contributed by atoms with E-state index in [1.165, 1.54) is 24.2 Å². The number of rotatable bonds is 5. The van der Waals surface area contributed by atoms with Crippen molar-refractivity contribution >= 4 is 41.0 Å². The maximum absolute atomic E-state index is 12.8. The summed E-state index contributed by atoms with van der Waals surface area (Å²) < 4.78 is 0. The van der Waals surface area contributed by atoms with Crippen molar-refractivity contribution in [3.05, 3.63) is 63.3 Å². The second kappa shape index (κ2) is 9.41. The lowest BCUT2D eigenvalue weighted by atomic mass is 10.1. The van der Waals surface area contributed by atoms with Gasteiger partial charge in [0.15, 0.2) is 0 Å². The summed E-state index contributed by atoms with van der Waals surface area (Å²) in [6.07, 6.45) is 8.38. The third-order valence-electron chi connectivity index (χ3n) is 7.17. The maximum Gasteiger partial charge on any atom is 0.274 e. The second-order valence-corrected chi connectivity index (χ2v) is 10.4. The number of nitrogens with zero attached hydrogens (tertiary/aromatic N) is 4. The van der Waals surface area contributed by atoms with Gasteiger partial charge in [-0.15, -0.1) is 0 Å². The summed E-state index contributed by atoms with van der Waals surface area (Å²) in [6, 6.07) is 5.68. The van der Waals surface area contributed by atoms with Crippen LogP contribution in [-0.4, -0.2) is 78.8 Å². The third kappa shape index (κ3) is 4.62. The van der Waals surface area contributed by atoms with E-state index in [2.05, 4.69) is 36.9 Å². The number of nitrogens with one attached hydrogen (secondary N) is 3. The molecule has 4 aliphatic heterocycles. The van der Waals surface area contributed by atoms with Crippen LogP contribution in [0.25, 0.3) is 5.70 Å². The van der Waals surface area contributed by atoms with Crippen molar-refractivity contribution < 1.29 is 4.79 Å². The van der Waals surface area contributed by atoms with Gasteiger partial charge in [-0.25, -0.2) is 0 Å². The molecule has 4 heterocycles. The first-order valence-corrected chi connectivity index (χ1v) is 13.0. The zero-order valence-corrected chi connectivity index (χ0v) is 20.9. The Hall–Kier alpha value is -2.68. The molecule has 8 nitrogen and oxygen atoms in total. The molecule has 1 amide bonds. The highest BCUT2D eigenvalue weighted by Crippen LogP contribution is 2.40. The largest absolute Gasteiger partial charge is 0.384 e. The van der Waals surface area contributed by atoms with Gasteiger partial charge in [0.1, 0.15) is 11.9 Å². The summed E-state index contributed by atoms with van der Waals surface area (Å²) in [6.45, 7) is 5.24. The van der Waals surface area contributed by atoms with E-state index in [1.807, 2.05) is 17.0 Å². The maximum atomic E-state index is 12.8. The average molecular weight is 514 g/mol. The van der Waals surface area contributed by atoms with Gasteiger partial charge in [0.2, 0.25) is 0 Å². The van der Waals surface area contributed by atoms with Gasteiger partial charge in [-0.3, -0.25) is 14.7 Å². The predicted octanol–water partition coefficient (Wildman–Crippen LogP) is 2.41. The Labute approximate surface area is 215 Å². The Morgan fingerprint density at radius 3 is 2.69 bits per heavy atom. The van der Waals surface area contributed by atoms with E-state index < -0.39 is 0 Å². The average Bonchev–Trinajstić information content (AvgIpc) is 3.67. The quantitative estimate of drug-likeness (QED) is 0.561. The predicted molar refractivity (Wildman–Crippen MR) is 139 cm³/mol. The number of hydrogen-bond donors (Lipinski definition) is 3. The van der Waals surface area contributed by atoms with Crippen molar-refractivity contribution in [3.8, 4) is 0 Å². The number of carbonyl (C=O) groups excluding carboxylic acids is 1. The number of hydrogen-bond acceptors (Lipinski definition) is 7. The smallest absolute Gasteiger partial charge is 0.274 e. The minimum absolute atomic E-state index is 0.0114. The molecular weight excluding hydrogens is 485 g/mol. The molecule has 0 bridgehead atoms. The van der Waals surface area contributed by atoms with Crippen LogP contribution < -0.4 is 16.0 Å². The first-order valence-electron chi connectivity index (χ1n) is 12.2. The molecule has 1 atom stereocenters. The monoisotopic (exact) mass is 513 g/mol. The fourth-order valence-electron chi connectivity index (χ4n) is 5.08. The minimum Gasteiger partial charge on any atom is -0.384 e. The molecule has 1 unspecified atom stereocenters. The zero-order chi connectivity index (χ0) is 23.9. The van der Waals surface area contributed by atoms with Gasteiger partial charge in [-0.05, 0) is 31.0 Å². The van der Waals surface area contributed by atoms with Gasteiger partial charge in [-0.2, -0.15) is 0 Å². The highest BCUT2D eigenvalue weighted by molar-refractivity contribution is 6.35. The van der Waals surface area contributed by atoms with Gasteiger partial charge in [0, 0.05) is 80.1 Å². The van der Waals surface area contributed by atoms with Gasteiger partial charge < -0.3 is 25.8 Å². The van der Waals surface area contributed by atoms with Crippen molar-refractivity contribution in [1.82, 2.24) is 30.7 Å². The normalized spacial score (nSPS) is 24.3. The summed E-state index contributed by atoms with van der Waals surface area (Å²) in [5.41, 5.74) is 5.04. The van der Waals surface area contributed by atoms with E-state index in [0.717, 1.165) is 37.4 Å². The highest BCUT2D eigenvalue weighted by Gasteiger charge is 2.38. The van der Waals surface area contributed by atoms with Gasteiger partial charge in [-0.1, -0.05) is 23.2 Å².